The average Bonchev–Trinajstić information content (AvgIpc) is 3.98. The normalized spacial score (nSPS) is 11.9. The molecular formula is C40H50N4O4S4Se. The van der Waals surface area contributed by atoms with Crippen LogP contribution in [0.4, 0.5) is 11.4 Å². The summed E-state index contributed by atoms with van der Waals surface area (Å²) in [4.78, 5) is 26.0. The summed E-state index contributed by atoms with van der Waals surface area (Å²) in [7, 11) is 0. The first-order chi connectivity index (χ1) is 25.9. The van der Waals surface area contributed by atoms with Crippen molar-refractivity contribution in [2.24, 2.45) is 0 Å². The summed E-state index contributed by atoms with van der Waals surface area (Å²) < 4.78 is 13.8. The van der Waals surface area contributed by atoms with Gasteiger partial charge in [0.25, 0.3) is 0 Å². The van der Waals surface area contributed by atoms with E-state index >= 15 is 0 Å². The topological polar surface area (TPSA) is 112 Å². The molecule has 53 heavy (non-hydrogen) atoms. The van der Waals surface area contributed by atoms with Crippen LogP contribution in [-0.2, 0) is 12.8 Å². The Hall–Kier alpha value is -2.54. The number of aryl methyl sites for hydroxylation is 2. The van der Waals surface area contributed by atoms with Crippen LogP contribution in [-0.4, -0.2) is 32.8 Å². The SMILES string of the molecule is CCCCCCCCCCCc1csc2cc(-c3c([N+](=O)[O-])c([N+](=O)[O-])c(-c4cc5scc(CCCCCCCCCCC)c5s4)c4n[se]nc34)sc12. The van der Waals surface area contributed by atoms with Crippen molar-refractivity contribution in [1.82, 2.24) is 7.96 Å². The Bertz CT molecular complexity index is 1980. The molecular weight excluding hydrogens is 808 g/mol. The second-order valence-corrected chi connectivity index (χ2v) is 19.2. The molecule has 284 valence electrons. The number of nitro groups is 2. The number of thiophene rings is 4. The molecule has 0 fully saturated rings. The van der Waals surface area contributed by atoms with Gasteiger partial charge in [-0.2, -0.15) is 0 Å². The number of hydrogen-bond donors (Lipinski definition) is 0. The summed E-state index contributed by atoms with van der Waals surface area (Å²) >= 11 is 5.74. The number of benzene rings is 1. The number of unbranched alkanes of at least 4 members (excludes halogenated alkanes) is 16. The quantitative estimate of drug-likeness (QED) is 0.0259. The summed E-state index contributed by atoms with van der Waals surface area (Å²) in [6.45, 7) is 4.50. The third-order valence-electron chi connectivity index (χ3n) is 10.3. The van der Waals surface area contributed by atoms with Gasteiger partial charge in [-0.05, 0) is 0 Å². The molecule has 8 nitrogen and oxygen atoms in total. The molecule has 5 aromatic heterocycles. The van der Waals surface area contributed by atoms with Gasteiger partial charge in [-0.3, -0.25) is 0 Å². The van der Waals surface area contributed by atoms with E-state index in [1.807, 2.05) is 12.1 Å². The van der Waals surface area contributed by atoms with Crippen molar-refractivity contribution in [3.63, 3.8) is 0 Å². The van der Waals surface area contributed by atoms with Crippen molar-refractivity contribution in [1.29, 1.82) is 0 Å². The molecule has 0 saturated heterocycles. The van der Waals surface area contributed by atoms with E-state index in [2.05, 4.69) is 24.6 Å². The summed E-state index contributed by atoms with van der Waals surface area (Å²) in [5, 5.41) is 30.2. The number of fused-ring (bicyclic) bond motifs is 3. The van der Waals surface area contributed by atoms with Gasteiger partial charge in [-0.1, -0.05) is 78.1 Å². The van der Waals surface area contributed by atoms with Crippen LogP contribution in [0.15, 0.2) is 22.9 Å². The predicted molar refractivity (Wildman–Crippen MR) is 229 cm³/mol. The predicted octanol–water partition coefficient (Wildman–Crippen LogP) is 14.5. The van der Waals surface area contributed by atoms with Crippen molar-refractivity contribution in [3.05, 3.63) is 54.2 Å². The Morgan fingerprint density at radius 2 is 0.925 bits per heavy atom. The van der Waals surface area contributed by atoms with Gasteiger partial charge in [0.15, 0.2) is 0 Å². The molecule has 5 heterocycles. The van der Waals surface area contributed by atoms with Gasteiger partial charge < -0.3 is 0 Å². The summed E-state index contributed by atoms with van der Waals surface area (Å²) in [6, 6.07) is 3.94. The van der Waals surface area contributed by atoms with E-state index in [0.717, 1.165) is 44.5 Å². The van der Waals surface area contributed by atoms with Crippen LogP contribution in [0.2, 0.25) is 0 Å². The fraction of sp³-hybridized carbons (Fsp3) is 0.550. The Labute approximate surface area is 334 Å². The van der Waals surface area contributed by atoms with E-state index in [1.165, 1.54) is 137 Å². The molecule has 0 aliphatic heterocycles. The van der Waals surface area contributed by atoms with Gasteiger partial charge >= 0.3 is 259 Å². The zero-order chi connectivity index (χ0) is 37.2. The van der Waals surface area contributed by atoms with Crippen LogP contribution in [0, 0.1) is 20.2 Å². The van der Waals surface area contributed by atoms with Gasteiger partial charge in [0.2, 0.25) is 0 Å². The van der Waals surface area contributed by atoms with Crippen molar-refractivity contribution < 1.29 is 9.85 Å². The fourth-order valence-corrected chi connectivity index (χ4v) is 13.5. The molecule has 1 aromatic carbocycles. The summed E-state index contributed by atoms with van der Waals surface area (Å²) in [5.74, 6) is 0. The molecule has 0 radical (unpaired) electrons. The standard InChI is InChI=1S/C40H50N4O4S4Se/c1-3-5-7-9-11-13-15-17-19-21-27-25-49-31-23-29(51-39(27)31)33-35-36(42-53-41-35)34(38(44(47)48)37(33)43(45)46)30-24-32-40(52-30)28(26-50-32)22-20-18-16-14-12-10-8-6-4-2/h23-26H,3-22H2,1-2H3. The number of rotatable bonds is 24. The van der Waals surface area contributed by atoms with Gasteiger partial charge in [0.1, 0.15) is 0 Å². The van der Waals surface area contributed by atoms with Gasteiger partial charge in [0, 0.05) is 0 Å². The first kappa shape index (κ1) is 40.1. The van der Waals surface area contributed by atoms with Gasteiger partial charge in [-0.15, -0.1) is 0 Å². The van der Waals surface area contributed by atoms with E-state index in [-0.39, 0.29) is 11.1 Å². The van der Waals surface area contributed by atoms with Crippen molar-refractivity contribution in [2.45, 2.75) is 142 Å². The molecule has 0 atom stereocenters. The third kappa shape index (κ3) is 9.65. The number of nitrogens with zero attached hydrogens (tertiary/aromatic N) is 4. The molecule has 6 aromatic rings. The van der Waals surface area contributed by atoms with Gasteiger partial charge in [-0.25, -0.2) is 0 Å². The first-order valence-electron chi connectivity index (χ1n) is 19.5. The molecule has 0 spiro atoms. The Balaban J connectivity index is 1.23. The van der Waals surface area contributed by atoms with E-state index in [1.54, 1.807) is 22.7 Å². The molecule has 0 bridgehead atoms. The zero-order valence-corrected chi connectivity index (χ0v) is 35.9. The molecule has 0 unspecified atom stereocenters. The third-order valence-corrected chi connectivity index (χ3v) is 16.0. The monoisotopic (exact) mass is 858 g/mol. The molecule has 13 heteroatoms. The number of nitro benzene ring substituents is 2. The van der Waals surface area contributed by atoms with Gasteiger partial charge in [0.05, 0.1) is 0 Å². The summed E-state index contributed by atoms with van der Waals surface area (Å²) in [6.07, 6.45) is 24.8. The minimum atomic E-state index is -0.569. The Kier molecular flexibility index (Phi) is 15.0. The molecule has 0 amide bonds. The number of aromatic nitrogens is 2. The second-order valence-electron chi connectivity index (χ2n) is 14.2. The van der Waals surface area contributed by atoms with Crippen molar-refractivity contribution in [2.75, 3.05) is 0 Å². The number of hydrogen-bond acceptors (Lipinski definition) is 10. The maximum atomic E-state index is 12.9. The van der Waals surface area contributed by atoms with Crippen molar-refractivity contribution >= 4 is 102 Å². The van der Waals surface area contributed by atoms with E-state index < -0.39 is 36.2 Å². The van der Waals surface area contributed by atoms with Crippen LogP contribution in [0.5, 0.6) is 0 Å². The van der Waals surface area contributed by atoms with Crippen LogP contribution in [0.3, 0.4) is 0 Å². The van der Waals surface area contributed by atoms with Crippen molar-refractivity contribution in [3.8, 4) is 20.9 Å². The second kappa shape index (κ2) is 19.9. The molecule has 0 aliphatic carbocycles. The van der Waals surface area contributed by atoms with E-state index in [9.17, 15) is 20.2 Å². The Morgan fingerprint density at radius 3 is 1.28 bits per heavy atom. The van der Waals surface area contributed by atoms with Crippen LogP contribution in [0.1, 0.15) is 141 Å². The molecule has 0 N–H and O–H groups in total. The molecule has 0 saturated carbocycles. The Morgan fingerprint density at radius 1 is 0.566 bits per heavy atom. The fourth-order valence-electron chi connectivity index (χ4n) is 7.39. The van der Waals surface area contributed by atoms with Crippen LogP contribution < -0.4 is 0 Å². The maximum absolute atomic E-state index is 12.9. The average molecular weight is 858 g/mol. The minimum absolute atomic E-state index is 0.246. The van der Waals surface area contributed by atoms with Crippen LogP contribution in [0.25, 0.3) is 50.7 Å². The molecule has 6 rings (SSSR count). The molecule has 0 aliphatic rings. The summed E-state index contributed by atoms with van der Waals surface area (Å²) in [5.41, 5.74) is 2.93. The zero-order valence-electron chi connectivity index (χ0n) is 30.9. The van der Waals surface area contributed by atoms with E-state index in [0.29, 0.717) is 20.8 Å². The van der Waals surface area contributed by atoms with E-state index in [4.69, 9.17) is 7.96 Å². The van der Waals surface area contributed by atoms with Crippen LogP contribution >= 0.6 is 45.3 Å². The first-order valence-corrected chi connectivity index (χ1v) is 24.5.